The van der Waals surface area contributed by atoms with Gasteiger partial charge in [-0.2, -0.15) is 0 Å². The zero-order valence-corrected chi connectivity index (χ0v) is 23.9. The van der Waals surface area contributed by atoms with Crippen molar-refractivity contribution in [2.24, 2.45) is 5.92 Å². The number of carbonyl (C=O) groups is 2. The SMILES string of the molecule is COc1ccc([C@H]2[C@H](C(=O)NCCCN3CCC(C)CC3)c3cc(OC)c(OC)cc3C(=O)N2C)cc1OC. The smallest absolute Gasteiger partial charge is 0.254 e. The summed E-state index contributed by atoms with van der Waals surface area (Å²) in [6.07, 6.45) is 3.31. The molecule has 9 nitrogen and oxygen atoms in total. The Hall–Kier alpha value is -3.46. The summed E-state index contributed by atoms with van der Waals surface area (Å²) in [5.41, 5.74) is 1.80. The maximum absolute atomic E-state index is 13.9. The van der Waals surface area contributed by atoms with E-state index in [1.807, 2.05) is 12.1 Å². The largest absolute Gasteiger partial charge is 0.493 e. The van der Waals surface area contributed by atoms with Gasteiger partial charge in [0.05, 0.1) is 40.4 Å². The van der Waals surface area contributed by atoms with E-state index in [-0.39, 0.29) is 11.8 Å². The quantitative estimate of drug-likeness (QED) is 0.459. The minimum absolute atomic E-state index is 0.144. The van der Waals surface area contributed by atoms with Crippen LogP contribution in [-0.2, 0) is 4.79 Å². The number of likely N-dealkylation sites (tertiary alicyclic amines) is 1. The molecule has 2 aliphatic rings. The second-order valence-electron chi connectivity index (χ2n) is 10.4. The molecule has 2 aliphatic heterocycles. The lowest BCUT2D eigenvalue weighted by atomic mass is 9.79. The average Bonchev–Trinajstić information content (AvgIpc) is 2.96. The van der Waals surface area contributed by atoms with Crippen molar-refractivity contribution in [3.8, 4) is 23.0 Å². The maximum Gasteiger partial charge on any atom is 0.254 e. The van der Waals surface area contributed by atoms with Crippen LogP contribution in [0.25, 0.3) is 0 Å². The van der Waals surface area contributed by atoms with Gasteiger partial charge in [0.15, 0.2) is 23.0 Å². The van der Waals surface area contributed by atoms with Crippen LogP contribution in [-0.4, -0.2) is 83.3 Å². The number of nitrogens with zero attached hydrogens (tertiary/aromatic N) is 2. The van der Waals surface area contributed by atoms with Gasteiger partial charge in [0.2, 0.25) is 5.91 Å². The minimum atomic E-state index is -0.670. The Morgan fingerprint density at radius 3 is 2.18 bits per heavy atom. The lowest BCUT2D eigenvalue weighted by molar-refractivity contribution is -0.124. The number of rotatable bonds is 10. The third-order valence-corrected chi connectivity index (χ3v) is 8.03. The molecule has 2 aromatic rings. The fourth-order valence-corrected chi connectivity index (χ4v) is 5.69. The van der Waals surface area contributed by atoms with Crippen molar-refractivity contribution in [3.63, 3.8) is 0 Å². The first-order chi connectivity index (χ1) is 18.8. The molecule has 0 aliphatic carbocycles. The Morgan fingerprint density at radius 2 is 1.54 bits per heavy atom. The van der Waals surface area contributed by atoms with E-state index in [2.05, 4.69) is 17.1 Å². The van der Waals surface area contributed by atoms with Crippen LogP contribution in [0, 0.1) is 5.92 Å². The number of methoxy groups -OCH3 is 4. The van der Waals surface area contributed by atoms with Crippen molar-refractivity contribution in [2.45, 2.75) is 38.1 Å². The fraction of sp³-hybridized carbons (Fsp3) is 0.533. The molecule has 0 saturated carbocycles. The molecular weight excluding hydrogens is 498 g/mol. The zero-order chi connectivity index (χ0) is 28.1. The lowest BCUT2D eigenvalue weighted by Crippen LogP contribution is -2.46. The number of nitrogens with one attached hydrogen (secondary N) is 1. The van der Waals surface area contributed by atoms with Crippen molar-refractivity contribution in [1.29, 1.82) is 0 Å². The van der Waals surface area contributed by atoms with Gasteiger partial charge < -0.3 is 34.1 Å². The van der Waals surface area contributed by atoms with E-state index in [4.69, 9.17) is 18.9 Å². The minimum Gasteiger partial charge on any atom is -0.493 e. The van der Waals surface area contributed by atoms with Crippen LogP contribution in [0.4, 0.5) is 0 Å². The van der Waals surface area contributed by atoms with Crippen molar-refractivity contribution < 1.29 is 28.5 Å². The summed E-state index contributed by atoms with van der Waals surface area (Å²) in [5.74, 6) is 1.79. The molecule has 4 rings (SSSR count). The Morgan fingerprint density at radius 1 is 0.923 bits per heavy atom. The predicted octanol–water partition coefficient (Wildman–Crippen LogP) is 3.87. The zero-order valence-electron chi connectivity index (χ0n) is 23.9. The van der Waals surface area contributed by atoms with E-state index in [0.29, 0.717) is 40.7 Å². The van der Waals surface area contributed by atoms with Crippen LogP contribution in [0.5, 0.6) is 23.0 Å². The molecule has 0 bridgehead atoms. The summed E-state index contributed by atoms with van der Waals surface area (Å²) in [4.78, 5) is 31.6. The Kier molecular flexibility index (Phi) is 9.22. The fourth-order valence-electron chi connectivity index (χ4n) is 5.69. The molecule has 0 radical (unpaired) electrons. The molecule has 2 atom stereocenters. The van der Waals surface area contributed by atoms with Gasteiger partial charge in [-0.15, -0.1) is 0 Å². The summed E-state index contributed by atoms with van der Waals surface area (Å²) < 4.78 is 22.0. The maximum atomic E-state index is 13.9. The number of hydrogen-bond acceptors (Lipinski definition) is 7. The molecule has 0 aromatic heterocycles. The molecule has 2 aromatic carbocycles. The summed E-state index contributed by atoms with van der Waals surface area (Å²) in [6.45, 7) is 6.04. The van der Waals surface area contributed by atoms with Gasteiger partial charge in [-0.05, 0) is 80.2 Å². The average molecular weight is 540 g/mol. The van der Waals surface area contributed by atoms with E-state index < -0.39 is 12.0 Å². The highest BCUT2D eigenvalue weighted by Crippen LogP contribution is 2.46. The third-order valence-electron chi connectivity index (χ3n) is 8.03. The first-order valence-electron chi connectivity index (χ1n) is 13.6. The predicted molar refractivity (Wildman–Crippen MR) is 149 cm³/mol. The molecule has 39 heavy (non-hydrogen) atoms. The molecule has 2 amide bonds. The van der Waals surface area contributed by atoms with Gasteiger partial charge >= 0.3 is 0 Å². The van der Waals surface area contributed by atoms with Crippen LogP contribution in [0.15, 0.2) is 30.3 Å². The van der Waals surface area contributed by atoms with Crippen LogP contribution in [0.3, 0.4) is 0 Å². The highest BCUT2D eigenvalue weighted by Gasteiger charge is 2.43. The molecule has 212 valence electrons. The van der Waals surface area contributed by atoms with Crippen LogP contribution in [0.2, 0.25) is 0 Å². The van der Waals surface area contributed by atoms with Crippen LogP contribution in [0.1, 0.15) is 59.6 Å². The molecule has 1 fully saturated rings. The van der Waals surface area contributed by atoms with Crippen molar-refractivity contribution in [2.75, 3.05) is 61.7 Å². The second-order valence-corrected chi connectivity index (χ2v) is 10.4. The molecule has 0 unspecified atom stereocenters. The normalized spacial score (nSPS) is 19.8. The monoisotopic (exact) mass is 539 g/mol. The summed E-state index contributed by atoms with van der Waals surface area (Å²) in [5, 5.41) is 3.16. The van der Waals surface area contributed by atoms with Crippen molar-refractivity contribution in [1.82, 2.24) is 15.1 Å². The standard InChI is InChI=1S/C30H41N3O6/c1-19-10-14-33(15-11-19)13-7-12-31-29(34)27-21-17-25(38-5)26(39-6)18-22(21)30(35)32(2)28(27)20-8-9-23(36-3)24(16-20)37-4/h8-9,16-19,27-28H,7,10-15H2,1-6H3,(H,31,34)/t27-,28+/m1/s1. The van der Waals surface area contributed by atoms with E-state index in [1.54, 1.807) is 51.5 Å². The van der Waals surface area contributed by atoms with Gasteiger partial charge in [-0.1, -0.05) is 13.0 Å². The highest BCUT2D eigenvalue weighted by atomic mass is 16.5. The number of hydrogen-bond donors (Lipinski definition) is 1. The van der Waals surface area contributed by atoms with Crippen LogP contribution < -0.4 is 24.3 Å². The molecule has 0 spiro atoms. The number of ether oxygens (including phenoxy) is 4. The second kappa shape index (κ2) is 12.6. The van der Waals surface area contributed by atoms with Crippen LogP contribution >= 0.6 is 0 Å². The van der Waals surface area contributed by atoms with E-state index in [9.17, 15) is 9.59 Å². The van der Waals surface area contributed by atoms with Crippen molar-refractivity contribution in [3.05, 3.63) is 47.0 Å². The number of fused-ring (bicyclic) bond motifs is 1. The first-order valence-corrected chi connectivity index (χ1v) is 13.6. The summed E-state index contributed by atoms with van der Waals surface area (Å²) in [7, 11) is 7.94. The Labute approximate surface area is 231 Å². The number of benzene rings is 2. The first kappa shape index (κ1) is 28.5. The lowest BCUT2D eigenvalue weighted by Gasteiger charge is -2.40. The number of amides is 2. The Bertz CT molecular complexity index is 1180. The van der Waals surface area contributed by atoms with Gasteiger partial charge in [-0.25, -0.2) is 0 Å². The molecule has 1 saturated heterocycles. The Balaban J connectivity index is 1.66. The number of carbonyl (C=O) groups excluding carboxylic acids is 2. The summed E-state index contributed by atoms with van der Waals surface area (Å²) >= 11 is 0. The highest BCUT2D eigenvalue weighted by molar-refractivity contribution is 6.02. The van der Waals surface area contributed by atoms with E-state index >= 15 is 0 Å². The van der Waals surface area contributed by atoms with E-state index in [1.165, 1.54) is 20.0 Å². The van der Waals surface area contributed by atoms with E-state index in [0.717, 1.165) is 37.5 Å². The molecule has 1 N–H and O–H groups in total. The number of likely N-dealkylation sites (N-methyl/N-ethyl adjacent to an activating group) is 1. The third kappa shape index (κ3) is 5.93. The molecular formula is C30H41N3O6. The van der Waals surface area contributed by atoms with Gasteiger partial charge in [0.25, 0.3) is 5.91 Å². The van der Waals surface area contributed by atoms with Crippen molar-refractivity contribution >= 4 is 11.8 Å². The van der Waals surface area contributed by atoms with Gasteiger partial charge in [0, 0.05) is 19.2 Å². The molecule has 9 heteroatoms. The molecule has 2 heterocycles. The summed E-state index contributed by atoms with van der Waals surface area (Å²) in [6, 6.07) is 8.36. The van der Waals surface area contributed by atoms with Gasteiger partial charge in [0.1, 0.15) is 0 Å². The van der Waals surface area contributed by atoms with Gasteiger partial charge in [-0.3, -0.25) is 9.59 Å². The topological polar surface area (TPSA) is 89.6 Å². The number of piperidine rings is 1.